The van der Waals surface area contributed by atoms with E-state index in [0.717, 1.165) is 59.6 Å². The molecule has 0 saturated carbocycles. The average molecular weight is 808 g/mol. The summed E-state index contributed by atoms with van der Waals surface area (Å²) in [5, 5.41) is 29.8. The number of fused-ring (bicyclic) bond motifs is 2. The van der Waals surface area contributed by atoms with Crippen molar-refractivity contribution in [3.63, 3.8) is 0 Å². The molecule has 20 heteroatoms. The maximum absolute atomic E-state index is 13.1. The highest BCUT2D eigenvalue weighted by Crippen LogP contribution is 2.28. The van der Waals surface area contributed by atoms with Crippen molar-refractivity contribution in [2.24, 2.45) is 0 Å². The van der Waals surface area contributed by atoms with Crippen LogP contribution in [0, 0.1) is 0 Å². The molecule has 308 valence electrons. The maximum Gasteiger partial charge on any atom is 0.278 e. The normalized spacial score (nSPS) is 16.5. The van der Waals surface area contributed by atoms with Crippen LogP contribution in [0.1, 0.15) is 55.5 Å². The third kappa shape index (κ3) is 9.51. The Morgan fingerprint density at radius 3 is 2.69 bits per heavy atom. The monoisotopic (exact) mass is 807 g/mol. The second-order valence-electron chi connectivity index (χ2n) is 14.5. The third-order valence-corrected chi connectivity index (χ3v) is 10.6. The van der Waals surface area contributed by atoms with Crippen LogP contribution < -0.4 is 21.5 Å². The molecular weight excluding hydrogens is 763 g/mol. The number of imide groups is 1. The van der Waals surface area contributed by atoms with Crippen LogP contribution in [0.4, 0.5) is 5.95 Å². The third-order valence-electron chi connectivity index (χ3n) is 10.6. The summed E-state index contributed by atoms with van der Waals surface area (Å²) in [6, 6.07) is 8.29. The fourth-order valence-corrected chi connectivity index (χ4v) is 7.32. The number of likely N-dealkylation sites (tertiary alicyclic amines) is 1. The number of hydrogen-bond acceptors (Lipinski definition) is 15. The van der Waals surface area contributed by atoms with Crippen LogP contribution in [-0.4, -0.2) is 120 Å². The van der Waals surface area contributed by atoms with Crippen molar-refractivity contribution in [1.29, 1.82) is 0 Å². The predicted octanol–water partition coefficient (Wildman–Crippen LogP) is 1.69. The molecule has 0 spiro atoms. The number of rotatable bonds is 18. The highest BCUT2D eigenvalue weighted by atomic mass is 16.5. The van der Waals surface area contributed by atoms with Crippen LogP contribution in [0.3, 0.4) is 0 Å². The fraction of sp³-hybridized carbons (Fsp3) is 0.436. The summed E-state index contributed by atoms with van der Waals surface area (Å²) in [5.74, 6) is 0.341. The maximum atomic E-state index is 13.1. The molecule has 2 aliphatic heterocycles. The van der Waals surface area contributed by atoms with Gasteiger partial charge in [0.1, 0.15) is 23.6 Å². The zero-order valence-electron chi connectivity index (χ0n) is 32.4. The molecule has 1 unspecified atom stereocenters. The van der Waals surface area contributed by atoms with Crippen LogP contribution in [0.5, 0.6) is 0 Å². The van der Waals surface area contributed by atoms with Gasteiger partial charge in [-0.25, -0.2) is 4.98 Å². The quantitative estimate of drug-likeness (QED) is 0.0829. The van der Waals surface area contributed by atoms with Gasteiger partial charge < -0.3 is 29.4 Å². The Hall–Kier alpha value is -6.38. The van der Waals surface area contributed by atoms with E-state index < -0.39 is 17.5 Å². The number of anilines is 1. The minimum Gasteiger partial charge on any atom is -0.467 e. The van der Waals surface area contributed by atoms with Gasteiger partial charge in [-0.3, -0.25) is 33.6 Å². The molecule has 3 N–H and O–H groups in total. The average Bonchev–Trinajstić information content (AvgIpc) is 4.06. The first-order valence-electron chi connectivity index (χ1n) is 19.8. The minimum atomic E-state index is -0.897. The molecule has 8 rings (SSSR count). The van der Waals surface area contributed by atoms with E-state index in [0.29, 0.717) is 74.5 Å². The van der Waals surface area contributed by atoms with Gasteiger partial charge in [0.05, 0.1) is 56.9 Å². The summed E-state index contributed by atoms with van der Waals surface area (Å²) < 4.78 is 21.8. The van der Waals surface area contributed by atoms with Gasteiger partial charge in [-0.15, -0.1) is 15.3 Å². The van der Waals surface area contributed by atoms with Crippen LogP contribution in [0.25, 0.3) is 27.7 Å². The number of ether oxygens (including phenoxy) is 2. The Morgan fingerprint density at radius 2 is 1.86 bits per heavy atom. The van der Waals surface area contributed by atoms with E-state index in [9.17, 15) is 19.2 Å². The molecule has 7 heterocycles. The van der Waals surface area contributed by atoms with E-state index >= 15 is 0 Å². The standard InChI is InChI=1S/C39H45N13O7/c53-34(7-4-26-3-5-32-30(20-26)38(56)52(48-46-32)33-6-8-35(54)45-37(33)55)40-11-16-57-18-19-58-17-14-49-12-9-28(10-13-49)51-24-27(21-44-51)31-23-42-39(50-25-43-47-36(31)50)41-22-29-2-1-15-59-29/h1-3,5,15,20-21,23-25,28,33H,4,6-14,16-19,22H2,(H,40,53)(H,41,42)(H,45,54,55). The number of piperidine rings is 2. The number of benzene rings is 1. The Balaban J connectivity index is 0.686. The molecule has 3 amide bonds. The smallest absolute Gasteiger partial charge is 0.278 e. The lowest BCUT2D eigenvalue weighted by Gasteiger charge is -2.31. The van der Waals surface area contributed by atoms with Crippen molar-refractivity contribution < 1.29 is 28.3 Å². The fourth-order valence-electron chi connectivity index (χ4n) is 7.32. The molecule has 2 fully saturated rings. The van der Waals surface area contributed by atoms with Gasteiger partial charge in [0.25, 0.3) is 11.5 Å². The molecular formula is C39H45N13O7. The van der Waals surface area contributed by atoms with Crippen molar-refractivity contribution in [2.75, 3.05) is 57.9 Å². The van der Waals surface area contributed by atoms with Crippen molar-refractivity contribution in [1.82, 2.24) is 59.9 Å². The molecule has 20 nitrogen and oxygen atoms in total. The molecule has 5 aromatic heterocycles. The Morgan fingerprint density at radius 1 is 1.00 bits per heavy atom. The highest BCUT2D eigenvalue weighted by molar-refractivity contribution is 5.99. The number of aryl methyl sites for hydroxylation is 1. The van der Waals surface area contributed by atoms with E-state index in [1.165, 1.54) is 0 Å². The lowest BCUT2D eigenvalue weighted by molar-refractivity contribution is -0.136. The Bertz CT molecular complexity index is 2450. The topological polar surface area (TPSA) is 231 Å². The van der Waals surface area contributed by atoms with Gasteiger partial charge in [0.15, 0.2) is 5.65 Å². The van der Waals surface area contributed by atoms with Crippen LogP contribution in [-0.2, 0) is 36.8 Å². The molecule has 6 aromatic rings. The molecule has 59 heavy (non-hydrogen) atoms. The molecule has 1 aromatic carbocycles. The van der Waals surface area contributed by atoms with Gasteiger partial charge in [-0.2, -0.15) is 9.78 Å². The van der Waals surface area contributed by atoms with Crippen molar-refractivity contribution in [3.8, 4) is 11.1 Å². The number of nitrogens with one attached hydrogen (secondary N) is 3. The molecule has 2 aliphatic rings. The van der Waals surface area contributed by atoms with Gasteiger partial charge in [0, 0.05) is 62.5 Å². The van der Waals surface area contributed by atoms with Gasteiger partial charge >= 0.3 is 0 Å². The van der Waals surface area contributed by atoms with Crippen LogP contribution >= 0.6 is 0 Å². The number of furan rings is 1. The first kappa shape index (κ1) is 39.4. The van der Waals surface area contributed by atoms with Gasteiger partial charge in [0.2, 0.25) is 17.8 Å². The van der Waals surface area contributed by atoms with Gasteiger partial charge in [-0.1, -0.05) is 11.3 Å². The van der Waals surface area contributed by atoms with Crippen molar-refractivity contribution >= 4 is 40.2 Å². The van der Waals surface area contributed by atoms with Crippen LogP contribution in [0.2, 0.25) is 0 Å². The molecule has 0 aliphatic carbocycles. The lowest BCUT2D eigenvalue weighted by Crippen LogP contribution is -2.45. The van der Waals surface area contributed by atoms with E-state index in [1.807, 2.05) is 27.4 Å². The second-order valence-corrected chi connectivity index (χ2v) is 14.5. The molecule has 2 saturated heterocycles. The van der Waals surface area contributed by atoms with E-state index in [4.69, 9.17) is 19.0 Å². The first-order valence-corrected chi connectivity index (χ1v) is 19.8. The zero-order chi connectivity index (χ0) is 40.6. The van der Waals surface area contributed by atoms with Gasteiger partial charge in [-0.05, 0) is 55.5 Å². The lowest BCUT2D eigenvalue weighted by atomic mass is 10.1. The number of aromatic nitrogens is 9. The second kappa shape index (κ2) is 18.5. The highest BCUT2D eigenvalue weighted by Gasteiger charge is 2.30. The van der Waals surface area contributed by atoms with Crippen LogP contribution in [0.15, 0.2) is 70.7 Å². The largest absolute Gasteiger partial charge is 0.467 e. The predicted molar refractivity (Wildman–Crippen MR) is 211 cm³/mol. The van der Waals surface area contributed by atoms with E-state index in [1.54, 1.807) is 37.0 Å². The number of hydrogen-bond donors (Lipinski definition) is 3. The minimum absolute atomic E-state index is 0.119. The summed E-state index contributed by atoms with van der Waals surface area (Å²) >= 11 is 0. The van der Waals surface area contributed by atoms with Crippen molar-refractivity contribution in [3.05, 3.63) is 83.2 Å². The molecule has 1 atom stereocenters. The Kier molecular flexibility index (Phi) is 12.4. The first-order chi connectivity index (χ1) is 28.9. The zero-order valence-corrected chi connectivity index (χ0v) is 32.4. The summed E-state index contributed by atoms with van der Waals surface area (Å²) in [6.45, 7) is 5.47. The van der Waals surface area contributed by atoms with E-state index in [2.05, 4.69) is 52.5 Å². The number of nitrogens with zero attached hydrogens (tertiary/aromatic N) is 10. The van der Waals surface area contributed by atoms with E-state index in [-0.39, 0.29) is 31.1 Å². The number of carbonyl (C=O) groups excluding carboxylic acids is 3. The number of carbonyl (C=O) groups is 3. The summed E-state index contributed by atoms with van der Waals surface area (Å²) in [7, 11) is 0. The molecule has 0 radical (unpaired) electrons. The molecule has 0 bridgehead atoms. The Labute approximate surface area is 337 Å². The summed E-state index contributed by atoms with van der Waals surface area (Å²) in [5.41, 5.74) is 3.19. The van der Waals surface area contributed by atoms with Crippen molar-refractivity contribution in [2.45, 2.75) is 57.2 Å². The summed E-state index contributed by atoms with van der Waals surface area (Å²) in [4.78, 5) is 56.4. The number of amides is 3. The summed E-state index contributed by atoms with van der Waals surface area (Å²) in [6.07, 6.45) is 11.9. The SMILES string of the molecule is O=C(CCc1ccc2nnn(C3CCC(=O)NC3=O)c(=O)c2c1)NCCOCCOCCN1CCC(n2cc(-c3cnc(NCc4ccco4)n4cnnc34)cn2)CC1.